The number of aromatic nitrogens is 3. The van der Waals surface area contributed by atoms with Crippen molar-refractivity contribution in [3.05, 3.63) is 123 Å². The Kier molecular flexibility index (Phi) is 4.32. The molecule has 0 saturated carbocycles. The quantitative estimate of drug-likeness (QED) is 0.478. The van der Waals surface area contributed by atoms with Gasteiger partial charge in [0.1, 0.15) is 0 Å². The summed E-state index contributed by atoms with van der Waals surface area (Å²) in [6.07, 6.45) is -1.16. The maximum Gasteiger partial charge on any atom is 0.354 e. The lowest BCUT2D eigenvalue weighted by Gasteiger charge is -2.52. The van der Waals surface area contributed by atoms with Crippen molar-refractivity contribution in [2.75, 3.05) is 6.54 Å². The molecule has 7 rings (SSSR count). The molecule has 1 aromatic heterocycles. The van der Waals surface area contributed by atoms with Crippen LogP contribution in [0.2, 0.25) is 0 Å². The summed E-state index contributed by atoms with van der Waals surface area (Å²) in [5.74, 6) is -0.321. The Hall–Kier alpha value is -4.46. The van der Waals surface area contributed by atoms with Gasteiger partial charge in [-0.3, -0.25) is 4.79 Å². The van der Waals surface area contributed by atoms with E-state index >= 15 is 0 Å². The Balaban J connectivity index is 1.79. The van der Waals surface area contributed by atoms with E-state index in [-0.39, 0.29) is 5.91 Å². The fraction of sp³-hybridized carbons (Fsp3) is 0.154. The molecule has 0 fully saturated rings. The Morgan fingerprint density at radius 1 is 0.794 bits per heavy atom. The van der Waals surface area contributed by atoms with Gasteiger partial charge in [-0.25, -0.2) is 19.1 Å². The van der Waals surface area contributed by atoms with Crippen molar-refractivity contribution in [1.82, 2.24) is 18.8 Å². The lowest BCUT2D eigenvalue weighted by atomic mass is 9.85. The number of hydrogen-bond acceptors (Lipinski definition) is 4. The van der Waals surface area contributed by atoms with Crippen molar-refractivity contribution >= 4 is 11.6 Å². The summed E-state index contributed by atoms with van der Waals surface area (Å²) in [6.45, 7) is 2.20. The van der Waals surface area contributed by atoms with Crippen molar-refractivity contribution < 1.29 is 4.79 Å². The number of amides is 1. The van der Waals surface area contributed by atoms with Crippen LogP contribution in [0, 0.1) is 0 Å². The van der Waals surface area contributed by atoms with Crippen molar-refractivity contribution in [1.29, 1.82) is 0 Å². The zero-order chi connectivity index (χ0) is 23.4. The van der Waals surface area contributed by atoms with Crippen LogP contribution in [0.4, 0.5) is 0 Å². The first kappa shape index (κ1) is 20.2. The van der Waals surface area contributed by atoms with Crippen LogP contribution in [0.1, 0.15) is 24.2 Å². The zero-order valence-corrected chi connectivity index (χ0v) is 18.4. The van der Waals surface area contributed by atoms with Crippen LogP contribution in [0.25, 0.3) is 5.69 Å². The molecule has 4 aromatic rings. The summed E-state index contributed by atoms with van der Waals surface area (Å²) in [5, 5.41) is 0. The van der Waals surface area contributed by atoms with E-state index in [2.05, 4.69) is 0 Å². The van der Waals surface area contributed by atoms with E-state index in [1.165, 1.54) is 9.36 Å². The van der Waals surface area contributed by atoms with Crippen LogP contribution in [0.15, 0.2) is 106 Å². The summed E-state index contributed by atoms with van der Waals surface area (Å²) in [6, 6.07) is 27.5. The minimum atomic E-state index is -1.42. The number of nitrogens with zero attached hydrogens (tertiary/aromatic N) is 5. The molecule has 8 heteroatoms. The largest absolute Gasteiger partial charge is 0.354 e. The lowest BCUT2D eigenvalue weighted by molar-refractivity contribution is -0.149. The predicted octanol–water partition coefficient (Wildman–Crippen LogP) is 2.37. The average Bonchev–Trinajstić information content (AvgIpc) is 3.16. The highest BCUT2D eigenvalue weighted by molar-refractivity contribution is 6.12. The molecule has 0 N–H and O–H groups in total. The molecule has 3 aliphatic rings. The summed E-state index contributed by atoms with van der Waals surface area (Å²) in [7, 11) is 0. The molecule has 8 nitrogen and oxygen atoms in total. The fourth-order valence-electron chi connectivity index (χ4n) is 5.17. The second kappa shape index (κ2) is 7.28. The smallest absolute Gasteiger partial charge is 0.306 e. The molecule has 0 aliphatic carbocycles. The van der Waals surface area contributed by atoms with Gasteiger partial charge in [-0.15, -0.1) is 0 Å². The Morgan fingerprint density at radius 3 is 2.00 bits per heavy atom. The molecular weight excluding hydrogens is 430 g/mol. The van der Waals surface area contributed by atoms with Crippen LogP contribution in [-0.4, -0.2) is 37.0 Å². The van der Waals surface area contributed by atoms with E-state index in [9.17, 15) is 14.4 Å². The van der Waals surface area contributed by atoms with Gasteiger partial charge in [-0.1, -0.05) is 78.9 Å². The number of carbonyl (C=O) groups excluding carboxylic acids is 1. The summed E-state index contributed by atoms with van der Waals surface area (Å²) >= 11 is 0. The highest BCUT2D eigenvalue weighted by atomic mass is 16.2. The number of likely N-dealkylation sites (N-methyl/N-ethyl adjacent to an activating group) is 1. The molecule has 1 amide bonds. The van der Waals surface area contributed by atoms with Crippen molar-refractivity contribution in [3.63, 3.8) is 0 Å². The normalized spacial score (nSPS) is 20.9. The molecule has 2 atom stereocenters. The van der Waals surface area contributed by atoms with Gasteiger partial charge in [-0.2, -0.15) is 9.36 Å². The van der Waals surface area contributed by atoms with Crippen LogP contribution >= 0.6 is 0 Å². The van der Waals surface area contributed by atoms with Crippen LogP contribution in [0.3, 0.4) is 0 Å². The number of benzene rings is 3. The van der Waals surface area contributed by atoms with E-state index in [1.54, 1.807) is 29.2 Å². The van der Waals surface area contributed by atoms with Crippen LogP contribution in [-0.2, 0) is 10.5 Å². The average molecular weight is 451 g/mol. The van der Waals surface area contributed by atoms with Gasteiger partial charge in [0.25, 0.3) is 5.91 Å². The number of aliphatic imine (C=N–C) groups is 1. The van der Waals surface area contributed by atoms with Crippen molar-refractivity contribution in [2.45, 2.75) is 18.8 Å². The number of fused-ring (bicyclic) bond motifs is 1. The minimum absolute atomic E-state index is 0.321. The van der Waals surface area contributed by atoms with Gasteiger partial charge in [0.2, 0.25) is 11.8 Å². The molecule has 0 spiro atoms. The SMILES string of the molecule is CCN1C(=O)C2N=C(c3ccccc3)C1(c1ccccc1)n1c(=O)n(-c3ccccc3)c(=O)n12. The molecule has 4 heterocycles. The first-order chi connectivity index (χ1) is 16.6. The van der Waals surface area contributed by atoms with Crippen LogP contribution in [0.5, 0.6) is 0 Å². The topological polar surface area (TPSA) is 81.6 Å². The highest BCUT2D eigenvalue weighted by Gasteiger charge is 2.60. The zero-order valence-electron chi connectivity index (χ0n) is 18.4. The van der Waals surface area contributed by atoms with E-state index in [0.717, 1.165) is 10.1 Å². The number of hydrogen-bond donors (Lipinski definition) is 0. The molecule has 0 radical (unpaired) electrons. The summed E-state index contributed by atoms with van der Waals surface area (Å²) < 4.78 is 3.74. The molecule has 0 saturated heterocycles. The predicted molar refractivity (Wildman–Crippen MR) is 127 cm³/mol. The Labute approximate surface area is 194 Å². The minimum Gasteiger partial charge on any atom is -0.306 e. The number of carbonyl (C=O) groups is 1. The lowest BCUT2D eigenvalue weighted by Crippen LogP contribution is -2.71. The van der Waals surface area contributed by atoms with Gasteiger partial charge in [0, 0.05) is 17.7 Å². The van der Waals surface area contributed by atoms with Crippen LogP contribution < -0.4 is 11.4 Å². The maximum atomic E-state index is 14.1. The number of rotatable bonds is 4. The van der Waals surface area contributed by atoms with Crippen molar-refractivity contribution in [3.8, 4) is 5.69 Å². The third-order valence-electron chi connectivity index (χ3n) is 6.53. The van der Waals surface area contributed by atoms with Gasteiger partial charge < -0.3 is 4.90 Å². The second-order valence-corrected chi connectivity index (χ2v) is 8.23. The third-order valence-corrected chi connectivity index (χ3v) is 6.53. The molecule has 2 bridgehead atoms. The highest BCUT2D eigenvalue weighted by Crippen LogP contribution is 2.43. The molecule has 168 valence electrons. The second-order valence-electron chi connectivity index (χ2n) is 8.23. The first-order valence-corrected chi connectivity index (χ1v) is 11.1. The molecule has 2 unspecified atom stereocenters. The summed E-state index contributed by atoms with van der Waals surface area (Å²) in [5.41, 5.74) is -0.100. The van der Waals surface area contributed by atoms with E-state index in [4.69, 9.17) is 4.99 Å². The maximum absolute atomic E-state index is 14.1. The van der Waals surface area contributed by atoms with E-state index in [0.29, 0.717) is 23.5 Å². The molecule has 34 heavy (non-hydrogen) atoms. The molecule has 3 aliphatic heterocycles. The van der Waals surface area contributed by atoms with E-state index < -0.39 is 23.2 Å². The van der Waals surface area contributed by atoms with Gasteiger partial charge in [-0.05, 0) is 19.1 Å². The standard InChI is InChI=1S/C26H21N5O3/c1-2-28-23(32)22-27-21(18-12-6-3-7-13-18)26(28,19-14-8-4-9-15-19)31-25(34)29(24(33)30(22)31)20-16-10-5-11-17-20/h3-17,22H,2H2,1H3. The van der Waals surface area contributed by atoms with Gasteiger partial charge >= 0.3 is 11.4 Å². The monoisotopic (exact) mass is 451 g/mol. The first-order valence-electron chi connectivity index (χ1n) is 11.1. The molecule has 3 aromatic carbocycles. The van der Waals surface area contributed by atoms with Gasteiger partial charge in [0.15, 0.2) is 0 Å². The van der Waals surface area contributed by atoms with Gasteiger partial charge in [0.05, 0.1) is 11.4 Å². The summed E-state index contributed by atoms with van der Waals surface area (Å²) in [4.78, 5) is 47.9. The Morgan fingerprint density at radius 2 is 1.38 bits per heavy atom. The molecular formula is C26H21N5O3. The van der Waals surface area contributed by atoms with Crippen molar-refractivity contribution in [2.24, 2.45) is 4.99 Å². The third kappa shape index (κ3) is 2.42. The number of para-hydroxylation sites is 1. The Bertz CT molecular complexity index is 1550. The fourth-order valence-corrected chi connectivity index (χ4v) is 5.17. The van der Waals surface area contributed by atoms with E-state index in [1.807, 2.05) is 73.7 Å².